The summed E-state index contributed by atoms with van der Waals surface area (Å²) in [5.74, 6) is 1.10. The molecule has 1 aliphatic carbocycles. The van der Waals surface area contributed by atoms with E-state index < -0.39 is 0 Å². The number of benzene rings is 1. The molecule has 3 aromatic rings. The highest BCUT2D eigenvalue weighted by molar-refractivity contribution is 6.11. The Morgan fingerprint density at radius 2 is 2.00 bits per heavy atom. The molecule has 1 amide bonds. The molecule has 148 valence electrons. The molecule has 0 saturated heterocycles. The number of carbonyl (C=O) groups is 1. The van der Waals surface area contributed by atoms with E-state index in [1.165, 1.54) is 6.42 Å². The summed E-state index contributed by atoms with van der Waals surface area (Å²) >= 11 is 0. The second-order valence-electron chi connectivity index (χ2n) is 7.50. The van der Waals surface area contributed by atoms with Crippen LogP contribution < -0.4 is 15.2 Å². The lowest BCUT2D eigenvalue weighted by molar-refractivity contribution is 0.0606. The first-order valence-corrected chi connectivity index (χ1v) is 9.72. The van der Waals surface area contributed by atoms with Crippen LogP contribution in [0.1, 0.15) is 35.3 Å². The van der Waals surface area contributed by atoms with Gasteiger partial charge in [0.15, 0.2) is 0 Å². The fourth-order valence-electron chi connectivity index (χ4n) is 4.20. The van der Waals surface area contributed by atoms with E-state index in [4.69, 9.17) is 20.2 Å². The Balaban J connectivity index is 1.71. The van der Waals surface area contributed by atoms with Crippen molar-refractivity contribution in [3.8, 4) is 22.8 Å². The van der Waals surface area contributed by atoms with Gasteiger partial charge in [0.25, 0.3) is 5.91 Å². The van der Waals surface area contributed by atoms with Crippen molar-refractivity contribution < 1.29 is 14.3 Å². The van der Waals surface area contributed by atoms with Crippen LogP contribution in [0.5, 0.6) is 11.6 Å². The third-order valence-corrected chi connectivity index (χ3v) is 5.99. The normalized spacial score (nSPS) is 16.1. The van der Waals surface area contributed by atoms with Gasteiger partial charge in [0.1, 0.15) is 5.75 Å². The van der Waals surface area contributed by atoms with Gasteiger partial charge in [-0.2, -0.15) is 0 Å². The lowest BCUT2D eigenvalue weighted by Crippen LogP contribution is -2.40. The number of nitrogens with zero attached hydrogens (tertiary/aromatic N) is 3. The number of hydrogen-bond acceptors (Lipinski definition) is 6. The molecule has 2 aliphatic rings. The lowest BCUT2D eigenvalue weighted by Gasteiger charge is -2.34. The van der Waals surface area contributed by atoms with Crippen LogP contribution in [0.4, 0.5) is 5.69 Å². The predicted molar refractivity (Wildman–Crippen MR) is 110 cm³/mol. The predicted octanol–water partition coefficient (Wildman–Crippen LogP) is 3.40. The Morgan fingerprint density at radius 3 is 2.69 bits per heavy atom. The summed E-state index contributed by atoms with van der Waals surface area (Å²) in [6.45, 7) is 0.515. The van der Waals surface area contributed by atoms with Gasteiger partial charge in [-0.3, -0.25) is 4.79 Å². The van der Waals surface area contributed by atoms with Crippen molar-refractivity contribution in [2.75, 3.05) is 20.0 Å². The number of amides is 1. The van der Waals surface area contributed by atoms with Crippen LogP contribution in [0.3, 0.4) is 0 Å². The monoisotopic (exact) mass is 390 g/mol. The van der Waals surface area contributed by atoms with Gasteiger partial charge in [-0.1, -0.05) is 18.2 Å². The Labute approximate surface area is 168 Å². The Kier molecular flexibility index (Phi) is 4.04. The molecule has 0 spiro atoms. The molecular weight excluding hydrogens is 368 g/mol. The maximum atomic E-state index is 13.0. The van der Waals surface area contributed by atoms with E-state index in [1.54, 1.807) is 20.4 Å². The maximum absolute atomic E-state index is 13.0. The molecule has 1 aliphatic heterocycles. The molecule has 3 heterocycles. The van der Waals surface area contributed by atoms with Crippen LogP contribution >= 0.6 is 0 Å². The summed E-state index contributed by atoms with van der Waals surface area (Å²) < 4.78 is 10.8. The molecule has 1 fully saturated rings. The summed E-state index contributed by atoms with van der Waals surface area (Å²) in [4.78, 5) is 24.2. The number of anilines is 1. The molecule has 5 rings (SSSR count). The number of rotatable bonds is 4. The van der Waals surface area contributed by atoms with Crippen molar-refractivity contribution in [3.63, 3.8) is 0 Å². The summed E-state index contributed by atoms with van der Waals surface area (Å²) in [6, 6.07) is 7.95. The van der Waals surface area contributed by atoms with Crippen LogP contribution in [0.2, 0.25) is 0 Å². The highest BCUT2D eigenvalue weighted by Gasteiger charge is 2.38. The van der Waals surface area contributed by atoms with Crippen molar-refractivity contribution in [1.29, 1.82) is 0 Å². The minimum Gasteiger partial charge on any atom is -0.495 e. The minimum absolute atomic E-state index is 0.00244. The van der Waals surface area contributed by atoms with Crippen LogP contribution in [-0.2, 0) is 6.54 Å². The van der Waals surface area contributed by atoms with Crippen molar-refractivity contribution in [2.24, 2.45) is 0 Å². The number of pyridine rings is 2. The first kappa shape index (κ1) is 17.7. The van der Waals surface area contributed by atoms with Gasteiger partial charge < -0.3 is 20.1 Å². The van der Waals surface area contributed by atoms with Crippen molar-refractivity contribution in [3.05, 3.63) is 41.7 Å². The molecule has 0 atom stereocenters. The fourth-order valence-corrected chi connectivity index (χ4v) is 4.20. The molecule has 7 heteroatoms. The SMILES string of the molecule is COc1cnc(OC)c(-c2cccc3c(N)c4c(nc23)CN(C2CCC2)C4=O)c1. The number of nitrogens with two attached hydrogens (primary N) is 1. The molecule has 2 N–H and O–H groups in total. The van der Waals surface area contributed by atoms with E-state index in [-0.39, 0.29) is 5.91 Å². The Hall–Kier alpha value is -3.35. The lowest BCUT2D eigenvalue weighted by atomic mass is 9.92. The highest BCUT2D eigenvalue weighted by Crippen LogP contribution is 2.41. The van der Waals surface area contributed by atoms with E-state index in [1.807, 2.05) is 29.2 Å². The zero-order valence-corrected chi connectivity index (χ0v) is 16.4. The van der Waals surface area contributed by atoms with E-state index in [9.17, 15) is 4.79 Å². The average Bonchev–Trinajstić information content (AvgIpc) is 3.02. The van der Waals surface area contributed by atoms with Crippen LogP contribution in [0.15, 0.2) is 30.5 Å². The van der Waals surface area contributed by atoms with E-state index in [0.29, 0.717) is 35.5 Å². The summed E-state index contributed by atoms with van der Waals surface area (Å²) in [6.07, 6.45) is 4.89. The molecule has 2 aromatic heterocycles. The number of ether oxygens (including phenoxy) is 2. The smallest absolute Gasteiger partial charge is 0.258 e. The van der Waals surface area contributed by atoms with Gasteiger partial charge in [-0.25, -0.2) is 9.97 Å². The van der Waals surface area contributed by atoms with Gasteiger partial charge in [0.05, 0.1) is 49.4 Å². The number of fused-ring (bicyclic) bond motifs is 2. The maximum Gasteiger partial charge on any atom is 0.258 e. The average molecular weight is 390 g/mol. The summed E-state index contributed by atoms with van der Waals surface area (Å²) in [5.41, 5.74) is 10.6. The Morgan fingerprint density at radius 1 is 1.17 bits per heavy atom. The minimum atomic E-state index is 0.00244. The molecule has 0 bridgehead atoms. The quantitative estimate of drug-likeness (QED) is 0.734. The van der Waals surface area contributed by atoms with Crippen molar-refractivity contribution >= 4 is 22.5 Å². The number of hydrogen-bond donors (Lipinski definition) is 1. The molecule has 1 saturated carbocycles. The van der Waals surface area contributed by atoms with Crippen LogP contribution in [0.25, 0.3) is 22.0 Å². The molecule has 7 nitrogen and oxygen atoms in total. The van der Waals surface area contributed by atoms with E-state index in [2.05, 4.69) is 4.98 Å². The topological polar surface area (TPSA) is 90.6 Å². The van der Waals surface area contributed by atoms with E-state index >= 15 is 0 Å². The number of para-hydroxylation sites is 1. The molecular formula is C22H22N4O3. The van der Waals surface area contributed by atoms with Crippen molar-refractivity contribution in [1.82, 2.24) is 14.9 Å². The Bertz CT molecular complexity index is 1140. The van der Waals surface area contributed by atoms with Gasteiger partial charge >= 0.3 is 0 Å². The summed E-state index contributed by atoms with van der Waals surface area (Å²) in [7, 11) is 3.18. The molecule has 29 heavy (non-hydrogen) atoms. The molecule has 0 radical (unpaired) electrons. The standard InChI is InChI=1S/C22H22N4O3/c1-28-13-9-16(21(29-2)24-10-13)14-7-4-8-15-19(23)18-17(25-20(14)15)11-26(22(18)27)12-5-3-6-12/h4,7-10,12H,3,5-6,11H2,1-2H3,(H2,23,25). The first-order valence-electron chi connectivity index (χ1n) is 9.72. The first-order chi connectivity index (χ1) is 14.1. The third-order valence-electron chi connectivity index (χ3n) is 5.99. The van der Waals surface area contributed by atoms with E-state index in [0.717, 1.165) is 40.6 Å². The van der Waals surface area contributed by atoms with Crippen molar-refractivity contribution in [2.45, 2.75) is 31.8 Å². The largest absolute Gasteiger partial charge is 0.495 e. The van der Waals surface area contributed by atoms with Gasteiger partial charge in [0, 0.05) is 22.6 Å². The zero-order valence-electron chi connectivity index (χ0n) is 16.4. The van der Waals surface area contributed by atoms with Gasteiger partial charge in [-0.05, 0) is 25.3 Å². The second-order valence-corrected chi connectivity index (χ2v) is 7.50. The number of carbonyl (C=O) groups excluding carboxylic acids is 1. The van der Waals surface area contributed by atoms with Crippen LogP contribution in [0, 0.1) is 0 Å². The zero-order chi connectivity index (χ0) is 20.1. The molecule has 0 unspecified atom stereocenters. The van der Waals surface area contributed by atoms with Gasteiger partial charge in [0.2, 0.25) is 5.88 Å². The fraction of sp³-hybridized carbons (Fsp3) is 0.318. The second kappa shape index (κ2) is 6.62. The highest BCUT2D eigenvalue weighted by atomic mass is 16.5. The molecule has 1 aromatic carbocycles. The van der Waals surface area contributed by atoms with Crippen LogP contribution in [-0.4, -0.2) is 41.0 Å². The number of methoxy groups -OCH3 is 2. The third kappa shape index (κ3) is 2.61. The number of nitrogen functional groups attached to an aromatic ring is 1. The summed E-state index contributed by atoms with van der Waals surface area (Å²) in [5, 5.41) is 0.759. The van der Waals surface area contributed by atoms with Gasteiger partial charge in [-0.15, -0.1) is 0 Å². The number of aromatic nitrogens is 2.